The van der Waals surface area contributed by atoms with Gasteiger partial charge < -0.3 is 9.67 Å². The number of aliphatic hydroxyl groups excluding tert-OH is 1. The quantitative estimate of drug-likeness (QED) is 0.704. The maximum atomic E-state index is 9.63. The van der Waals surface area contributed by atoms with E-state index in [1.165, 1.54) is 5.69 Å². The minimum Gasteiger partial charge on any atom is -0.392 e. The van der Waals surface area contributed by atoms with Gasteiger partial charge in [-0.05, 0) is 31.9 Å². The first-order valence-electron chi connectivity index (χ1n) is 4.47. The maximum absolute atomic E-state index is 9.63. The van der Waals surface area contributed by atoms with E-state index in [1.54, 1.807) is 0 Å². The van der Waals surface area contributed by atoms with Crippen LogP contribution in [0.3, 0.4) is 0 Å². The van der Waals surface area contributed by atoms with Gasteiger partial charge in [0.25, 0.3) is 0 Å². The molecule has 0 radical (unpaired) electrons. The van der Waals surface area contributed by atoms with Crippen LogP contribution in [-0.4, -0.2) is 15.8 Å². The molecule has 2 rings (SSSR count). The molecule has 1 aliphatic carbocycles. The molecule has 0 amide bonds. The Morgan fingerprint density at radius 3 is 2.58 bits per heavy atom. The highest BCUT2D eigenvalue weighted by Crippen LogP contribution is 2.50. The Morgan fingerprint density at radius 1 is 1.58 bits per heavy atom. The number of aromatic nitrogens is 1. The molecule has 2 nitrogen and oxygen atoms in total. The topological polar surface area (TPSA) is 25.2 Å². The molecule has 1 aromatic heterocycles. The summed E-state index contributed by atoms with van der Waals surface area (Å²) in [6, 6.07) is 4.15. The van der Waals surface area contributed by atoms with Crippen LogP contribution in [0.2, 0.25) is 0 Å². The zero-order valence-corrected chi connectivity index (χ0v) is 7.62. The highest BCUT2D eigenvalue weighted by atomic mass is 16.3. The second-order valence-electron chi connectivity index (χ2n) is 3.84. The summed E-state index contributed by atoms with van der Waals surface area (Å²) in [5.74, 6) is 0. The van der Waals surface area contributed by atoms with Crippen molar-refractivity contribution in [1.82, 2.24) is 4.57 Å². The summed E-state index contributed by atoms with van der Waals surface area (Å²) in [4.78, 5) is 0. The van der Waals surface area contributed by atoms with Crippen molar-refractivity contribution in [2.75, 3.05) is 0 Å². The predicted octanol–water partition coefficient (Wildman–Crippen LogP) is 1.44. The average molecular weight is 165 g/mol. The van der Waals surface area contributed by atoms with Gasteiger partial charge in [0.05, 0.1) is 6.10 Å². The number of aryl methyl sites for hydroxylation is 1. The number of rotatable bonds is 2. The van der Waals surface area contributed by atoms with Crippen LogP contribution < -0.4 is 0 Å². The molecule has 0 saturated heterocycles. The molecule has 0 aromatic carbocycles. The number of nitrogens with zero attached hydrogens (tertiary/aromatic N) is 1. The van der Waals surface area contributed by atoms with Crippen LogP contribution in [0.25, 0.3) is 0 Å². The standard InChI is InChI=1S/C10H15NO/c1-8(12)10(5-6-10)9-4-3-7-11(9)2/h3-4,7-8,12H,5-6H2,1-2H3. The van der Waals surface area contributed by atoms with Gasteiger partial charge >= 0.3 is 0 Å². The molecule has 1 heterocycles. The molecular weight excluding hydrogens is 150 g/mol. The van der Waals surface area contributed by atoms with Gasteiger partial charge in [0, 0.05) is 24.4 Å². The fourth-order valence-electron chi connectivity index (χ4n) is 2.00. The molecule has 1 atom stereocenters. The normalized spacial score (nSPS) is 22.2. The van der Waals surface area contributed by atoms with E-state index in [4.69, 9.17) is 0 Å². The lowest BCUT2D eigenvalue weighted by atomic mass is 9.96. The highest BCUT2D eigenvalue weighted by molar-refractivity contribution is 5.28. The smallest absolute Gasteiger partial charge is 0.0623 e. The van der Waals surface area contributed by atoms with Crippen molar-refractivity contribution in [3.8, 4) is 0 Å². The van der Waals surface area contributed by atoms with E-state index in [0.717, 1.165) is 12.8 Å². The molecule has 0 aliphatic heterocycles. The Kier molecular flexibility index (Phi) is 1.55. The van der Waals surface area contributed by atoms with Crippen LogP contribution in [0, 0.1) is 0 Å². The summed E-state index contributed by atoms with van der Waals surface area (Å²) in [6.45, 7) is 1.89. The molecule has 66 valence electrons. The Balaban J connectivity index is 2.36. The van der Waals surface area contributed by atoms with Gasteiger partial charge in [0.15, 0.2) is 0 Å². The minimum atomic E-state index is -0.217. The minimum absolute atomic E-state index is 0.0816. The second-order valence-corrected chi connectivity index (χ2v) is 3.84. The zero-order chi connectivity index (χ0) is 8.77. The van der Waals surface area contributed by atoms with E-state index < -0.39 is 0 Å². The van der Waals surface area contributed by atoms with Crippen molar-refractivity contribution >= 4 is 0 Å². The fraction of sp³-hybridized carbons (Fsp3) is 0.600. The van der Waals surface area contributed by atoms with E-state index in [9.17, 15) is 5.11 Å². The lowest BCUT2D eigenvalue weighted by Crippen LogP contribution is -2.24. The first-order chi connectivity index (χ1) is 5.67. The Labute approximate surface area is 72.8 Å². The van der Waals surface area contributed by atoms with Crippen LogP contribution in [0.15, 0.2) is 18.3 Å². The third-order valence-corrected chi connectivity index (χ3v) is 3.04. The first-order valence-corrected chi connectivity index (χ1v) is 4.47. The SMILES string of the molecule is CC(O)C1(c2cccn2C)CC1. The highest BCUT2D eigenvalue weighted by Gasteiger charge is 2.49. The number of hydrogen-bond donors (Lipinski definition) is 1. The molecule has 1 fully saturated rings. The van der Waals surface area contributed by atoms with Crippen LogP contribution in [0.5, 0.6) is 0 Å². The van der Waals surface area contributed by atoms with Gasteiger partial charge in [-0.15, -0.1) is 0 Å². The average Bonchev–Trinajstić information content (AvgIpc) is 2.71. The molecule has 0 bridgehead atoms. The van der Waals surface area contributed by atoms with Crippen molar-refractivity contribution in [3.05, 3.63) is 24.0 Å². The zero-order valence-electron chi connectivity index (χ0n) is 7.62. The molecular formula is C10H15NO. The summed E-state index contributed by atoms with van der Waals surface area (Å²) in [5.41, 5.74) is 1.36. The van der Waals surface area contributed by atoms with E-state index in [-0.39, 0.29) is 11.5 Å². The predicted molar refractivity (Wildman–Crippen MR) is 48.0 cm³/mol. The summed E-state index contributed by atoms with van der Waals surface area (Å²) >= 11 is 0. The molecule has 1 saturated carbocycles. The summed E-state index contributed by atoms with van der Waals surface area (Å²) < 4.78 is 2.11. The Bertz CT molecular complexity index is 284. The second kappa shape index (κ2) is 2.36. The van der Waals surface area contributed by atoms with Crippen molar-refractivity contribution < 1.29 is 5.11 Å². The van der Waals surface area contributed by atoms with E-state index in [2.05, 4.69) is 10.6 Å². The van der Waals surface area contributed by atoms with Gasteiger partial charge in [0.1, 0.15) is 0 Å². The Morgan fingerprint density at radius 2 is 2.25 bits per heavy atom. The molecule has 1 aromatic rings. The summed E-state index contributed by atoms with van der Waals surface area (Å²) in [6.07, 6.45) is 4.08. The molecule has 0 spiro atoms. The van der Waals surface area contributed by atoms with Crippen LogP contribution >= 0.6 is 0 Å². The van der Waals surface area contributed by atoms with E-state index in [1.807, 2.05) is 26.2 Å². The maximum Gasteiger partial charge on any atom is 0.0623 e. The van der Waals surface area contributed by atoms with Crippen molar-refractivity contribution in [2.24, 2.45) is 7.05 Å². The third kappa shape index (κ3) is 0.911. The van der Waals surface area contributed by atoms with Gasteiger partial charge in [-0.1, -0.05) is 0 Å². The monoisotopic (exact) mass is 165 g/mol. The summed E-state index contributed by atoms with van der Waals surface area (Å²) in [5, 5.41) is 9.63. The van der Waals surface area contributed by atoms with E-state index >= 15 is 0 Å². The lowest BCUT2D eigenvalue weighted by Gasteiger charge is -2.19. The van der Waals surface area contributed by atoms with Gasteiger partial charge in [-0.2, -0.15) is 0 Å². The molecule has 2 heteroatoms. The molecule has 1 unspecified atom stereocenters. The lowest BCUT2D eigenvalue weighted by molar-refractivity contribution is 0.147. The van der Waals surface area contributed by atoms with Crippen LogP contribution in [-0.2, 0) is 12.5 Å². The van der Waals surface area contributed by atoms with Crippen LogP contribution in [0.1, 0.15) is 25.5 Å². The summed E-state index contributed by atoms with van der Waals surface area (Å²) in [7, 11) is 2.04. The molecule has 1 aliphatic rings. The number of hydrogen-bond acceptors (Lipinski definition) is 1. The fourth-order valence-corrected chi connectivity index (χ4v) is 2.00. The van der Waals surface area contributed by atoms with Crippen molar-refractivity contribution in [2.45, 2.75) is 31.3 Å². The number of aliphatic hydroxyl groups is 1. The van der Waals surface area contributed by atoms with Crippen LogP contribution in [0.4, 0.5) is 0 Å². The van der Waals surface area contributed by atoms with Gasteiger partial charge in [0.2, 0.25) is 0 Å². The van der Waals surface area contributed by atoms with Gasteiger partial charge in [-0.25, -0.2) is 0 Å². The van der Waals surface area contributed by atoms with E-state index in [0.29, 0.717) is 0 Å². The van der Waals surface area contributed by atoms with Gasteiger partial charge in [-0.3, -0.25) is 0 Å². The Hall–Kier alpha value is -0.760. The molecule has 12 heavy (non-hydrogen) atoms. The van der Waals surface area contributed by atoms with Crippen molar-refractivity contribution in [1.29, 1.82) is 0 Å². The third-order valence-electron chi connectivity index (χ3n) is 3.04. The largest absolute Gasteiger partial charge is 0.392 e. The first kappa shape index (κ1) is 7.87. The molecule has 1 N–H and O–H groups in total. The van der Waals surface area contributed by atoms with Crippen molar-refractivity contribution in [3.63, 3.8) is 0 Å².